The summed E-state index contributed by atoms with van der Waals surface area (Å²) in [4.78, 5) is 26.0. The number of hydrogen-bond donors (Lipinski definition) is 2. The number of hydrogen-bond acceptors (Lipinski definition) is 5. The van der Waals surface area contributed by atoms with Crippen molar-refractivity contribution in [2.45, 2.75) is 12.8 Å². The van der Waals surface area contributed by atoms with E-state index in [9.17, 15) is 9.59 Å². The zero-order valence-electron chi connectivity index (χ0n) is 15.9. The van der Waals surface area contributed by atoms with E-state index < -0.39 is 5.97 Å². The Labute approximate surface area is 164 Å². The van der Waals surface area contributed by atoms with E-state index in [1.165, 1.54) is 23.1 Å². The predicted octanol–water partition coefficient (Wildman–Crippen LogP) is 2.15. The fourth-order valence-electron chi connectivity index (χ4n) is 3.18. The van der Waals surface area contributed by atoms with Gasteiger partial charge in [0.05, 0.1) is 25.8 Å². The van der Waals surface area contributed by atoms with Gasteiger partial charge in [-0.15, -0.1) is 0 Å². The monoisotopic (exact) mass is 380 g/mol. The van der Waals surface area contributed by atoms with Gasteiger partial charge < -0.3 is 20.1 Å². The molecule has 2 N–H and O–H groups in total. The van der Waals surface area contributed by atoms with E-state index in [0.717, 1.165) is 18.5 Å². The van der Waals surface area contributed by atoms with Gasteiger partial charge in [-0.25, -0.2) is 4.79 Å². The highest BCUT2D eigenvalue weighted by Crippen LogP contribution is 2.23. The molecule has 0 spiro atoms. The van der Waals surface area contributed by atoms with E-state index in [1.807, 2.05) is 42.5 Å². The Balaban J connectivity index is 1.69. The number of esters is 1. The fraction of sp³-hybridized carbons (Fsp3) is 0.273. The topological polar surface area (TPSA) is 78.9 Å². The Morgan fingerprint density at radius 2 is 1.71 bits per heavy atom. The Morgan fingerprint density at radius 3 is 2.32 bits per heavy atom. The molecule has 2 aromatic carbocycles. The van der Waals surface area contributed by atoms with Crippen LogP contribution in [0.2, 0.25) is 0 Å². The standard InChI is InChI=1S/C22H24N2O4/c1-28-22(27)19-15-24(13-14-25)21(26)20(19)23-18-11-9-17(10-12-18)8-7-16-5-3-2-4-6-16/h2-6,9-12,23,25H,7-8,13-15H2,1H3. The van der Waals surface area contributed by atoms with Crippen molar-refractivity contribution in [2.75, 3.05) is 32.1 Å². The Morgan fingerprint density at radius 1 is 1.07 bits per heavy atom. The average molecular weight is 380 g/mol. The van der Waals surface area contributed by atoms with E-state index in [-0.39, 0.29) is 36.9 Å². The minimum absolute atomic E-state index is 0.129. The Hall–Kier alpha value is -3.12. The molecule has 0 aliphatic carbocycles. The van der Waals surface area contributed by atoms with Gasteiger partial charge in [-0.05, 0) is 36.1 Å². The molecule has 146 valence electrons. The summed E-state index contributed by atoms with van der Waals surface area (Å²) in [6.45, 7) is 0.135. The third-order valence-electron chi connectivity index (χ3n) is 4.72. The van der Waals surface area contributed by atoms with Crippen molar-refractivity contribution in [3.63, 3.8) is 0 Å². The van der Waals surface area contributed by atoms with Gasteiger partial charge in [0.2, 0.25) is 0 Å². The van der Waals surface area contributed by atoms with Crippen molar-refractivity contribution < 1.29 is 19.4 Å². The Bertz CT molecular complexity index is 860. The molecule has 0 bridgehead atoms. The van der Waals surface area contributed by atoms with Crippen molar-refractivity contribution in [2.24, 2.45) is 0 Å². The molecule has 0 radical (unpaired) electrons. The lowest BCUT2D eigenvalue weighted by Gasteiger charge is -2.15. The van der Waals surface area contributed by atoms with Crippen LogP contribution in [0.15, 0.2) is 65.9 Å². The first-order valence-corrected chi connectivity index (χ1v) is 9.24. The van der Waals surface area contributed by atoms with Crippen molar-refractivity contribution in [1.29, 1.82) is 0 Å². The second kappa shape index (κ2) is 9.19. The number of carbonyl (C=O) groups is 2. The third-order valence-corrected chi connectivity index (χ3v) is 4.72. The summed E-state index contributed by atoms with van der Waals surface area (Å²) >= 11 is 0. The molecule has 0 saturated carbocycles. The van der Waals surface area contributed by atoms with Crippen molar-refractivity contribution in [3.05, 3.63) is 77.0 Å². The number of nitrogens with zero attached hydrogens (tertiary/aromatic N) is 1. The minimum atomic E-state index is -0.546. The summed E-state index contributed by atoms with van der Waals surface area (Å²) in [5.41, 5.74) is 3.68. The van der Waals surface area contributed by atoms with Gasteiger partial charge in [0.25, 0.3) is 5.91 Å². The van der Waals surface area contributed by atoms with E-state index >= 15 is 0 Å². The highest BCUT2D eigenvalue weighted by Gasteiger charge is 2.34. The van der Waals surface area contributed by atoms with Crippen LogP contribution >= 0.6 is 0 Å². The van der Waals surface area contributed by atoms with Crippen molar-refractivity contribution >= 4 is 17.6 Å². The number of anilines is 1. The van der Waals surface area contributed by atoms with E-state index in [0.29, 0.717) is 0 Å². The van der Waals surface area contributed by atoms with Crippen LogP contribution in [0, 0.1) is 0 Å². The molecule has 0 fully saturated rings. The van der Waals surface area contributed by atoms with Crippen LogP contribution in [0.4, 0.5) is 5.69 Å². The first-order chi connectivity index (χ1) is 13.6. The number of ether oxygens (including phenoxy) is 1. The highest BCUT2D eigenvalue weighted by atomic mass is 16.5. The van der Waals surface area contributed by atoms with Gasteiger partial charge in [-0.3, -0.25) is 4.79 Å². The van der Waals surface area contributed by atoms with Crippen LogP contribution in [0.25, 0.3) is 0 Å². The molecule has 6 nitrogen and oxygen atoms in total. The van der Waals surface area contributed by atoms with Crippen LogP contribution in [0.1, 0.15) is 11.1 Å². The third kappa shape index (κ3) is 4.58. The lowest BCUT2D eigenvalue weighted by Crippen LogP contribution is -2.31. The number of aliphatic hydroxyl groups excluding tert-OH is 1. The summed E-state index contributed by atoms with van der Waals surface area (Å²) in [6, 6.07) is 18.1. The van der Waals surface area contributed by atoms with Crippen molar-refractivity contribution in [1.82, 2.24) is 4.90 Å². The first kappa shape index (κ1) is 19.6. The molecule has 1 aliphatic heterocycles. The van der Waals surface area contributed by atoms with Crippen LogP contribution in [-0.4, -0.2) is 48.7 Å². The molecule has 2 aromatic rings. The maximum Gasteiger partial charge on any atom is 0.337 e. The molecule has 6 heteroatoms. The summed E-state index contributed by atoms with van der Waals surface area (Å²) in [5, 5.41) is 12.2. The predicted molar refractivity (Wildman–Crippen MR) is 107 cm³/mol. The molecule has 0 saturated heterocycles. The van der Waals surface area contributed by atoms with E-state index in [1.54, 1.807) is 0 Å². The molecule has 1 aliphatic rings. The molecule has 0 aromatic heterocycles. The van der Waals surface area contributed by atoms with Gasteiger partial charge in [-0.1, -0.05) is 42.5 Å². The van der Waals surface area contributed by atoms with Crippen LogP contribution in [-0.2, 0) is 27.2 Å². The molecule has 0 unspecified atom stereocenters. The lowest BCUT2D eigenvalue weighted by molar-refractivity contribution is -0.136. The number of methoxy groups -OCH3 is 1. The first-order valence-electron chi connectivity index (χ1n) is 9.24. The zero-order chi connectivity index (χ0) is 19.9. The largest absolute Gasteiger partial charge is 0.466 e. The second-order valence-electron chi connectivity index (χ2n) is 6.60. The smallest absolute Gasteiger partial charge is 0.337 e. The van der Waals surface area contributed by atoms with E-state index in [2.05, 4.69) is 17.4 Å². The normalized spacial score (nSPS) is 13.8. The molecule has 0 atom stereocenters. The number of carbonyl (C=O) groups excluding carboxylic acids is 2. The summed E-state index contributed by atoms with van der Waals surface area (Å²) in [5.74, 6) is -0.863. The lowest BCUT2D eigenvalue weighted by atomic mass is 10.0. The van der Waals surface area contributed by atoms with Gasteiger partial charge in [-0.2, -0.15) is 0 Å². The molecule has 28 heavy (non-hydrogen) atoms. The van der Waals surface area contributed by atoms with Gasteiger partial charge in [0.15, 0.2) is 0 Å². The van der Waals surface area contributed by atoms with Crippen LogP contribution in [0.3, 0.4) is 0 Å². The maximum absolute atomic E-state index is 12.5. The maximum atomic E-state index is 12.5. The van der Waals surface area contributed by atoms with Crippen LogP contribution in [0.5, 0.6) is 0 Å². The van der Waals surface area contributed by atoms with Gasteiger partial charge in [0.1, 0.15) is 5.70 Å². The second-order valence-corrected chi connectivity index (χ2v) is 6.60. The quantitative estimate of drug-likeness (QED) is 0.686. The SMILES string of the molecule is COC(=O)C1=C(Nc2ccc(CCc3ccccc3)cc2)C(=O)N(CCO)C1. The van der Waals surface area contributed by atoms with Gasteiger partial charge in [0, 0.05) is 12.2 Å². The zero-order valence-corrected chi connectivity index (χ0v) is 15.9. The highest BCUT2D eigenvalue weighted by molar-refractivity contribution is 6.08. The molecule has 3 rings (SSSR count). The summed E-state index contributed by atoms with van der Waals surface area (Å²) < 4.78 is 4.79. The number of β-amino-alcohol motifs (C(OH)–C–C–N with tert-alkyl or cyclic N) is 1. The van der Waals surface area contributed by atoms with Crippen molar-refractivity contribution in [3.8, 4) is 0 Å². The number of amides is 1. The Kier molecular flexibility index (Phi) is 6.45. The number of rotatable bonds is 8. The number of nitrogens with one attached hydrogen (secondary N) is 1. The van der Waals surface area contributed by atoms with E-state index in [4.69, 9.17) is 9.84 Å². The molecular weight excluding hydrogens is 356 g/mol. The van der Waals surface area contributed by atoms with Crippen LogP contribution < -0.4 is 5.32 Å². The summed E-state index contributed by atoms with van der Waals surface area (Å²) in [6.07, 6.45) is 1.88. The molecule has 1 heterocycles. The number of aliphatic hydroxyl groups is 1. The minimum Gasteiger partial charge on any atom is -0.466 e. The number of aryl methyl sites for hydroxylation is 2. The number of benzene rings is 2. The van der Waals surface area contributed by atoms with Gasteiger partial charge >= 0.3 is 5.97 Å². The molecular formula is C22H24N2O4. The molecule has 1 amide bonds. The fourth-order valence-corrected chi connectivity index (χ4v) is 3.18. The average Bonchev–Trinajstić information content (AvgIpc) is 3.03. The summed E-state index contributed by atoms with van der Waals surface area (Å²) in [7, 11) is 1.29.